The van der Waals surface area contributed by atoms with Crippen molar-refractivity contribution in [2.24, 2.45) is 0 Å². The van der Waals surface area contributed by atoms with Gasteiger partial charge in [0.05, 0.1) is 20.4 Å². The van der Waals surface area contributed by atoms with Crippen LogP contribution in [0.2, 0.25) is 0 Å². The second-order valence-corrected chi connectivity index (χ2v) is 2.98. The number of ketones is 1. The number of rotatable bonds is 5. The molecule has 80 valence electrons. The molecule has 0 heterocycles. The number of methoxy groups -OCH3 is 2. The molecule has 0 saturated carbocycles. The second kappa shape index (κ2) is 5.14. The van der Waals surface area contributed by atoms with Gasteiger partial charge in [0, 0.05) is 6.42 Å². The summed E-state index contributed by atoms with van der Waals surface area (Å²) in [4.78, 5) is 11.0. The third kappa shape index (κ3) is 2.80. The Morgan fingerprint density at radius 1 is 1.33 bits per heavy atom. The first-order valence-corrected chi connectivity index (χ1v) is 4.45. The van der Waals surface area contributed by atoms with Gasteiger partial charge >= 0.3 is 0 Å². The standard InChI is InChI=1S/C11H13NO3/c1-14-10-4-3-8(5-9(13)7-12)6-11(10)15-2/h3-4,6-7,12H,5H2,1-2H3. The highest BCUT2D eigenvalue weighted by molar-refractivity contribution is 6.26. The molecule has 0 aliphatic heterocycles. The van der Waals surface area contributed by atoms with E-state index < -0.39 is 0 Å². The molecule has 1 aromatic carbocycles. The molecular formula is C11H13NO3. The SMILES string of the molecule is COc1ccc(CC(=O)C=N)cc1OC. The van der Waals surface area contributed by atoms with Crippen molar-refractivity contribution in [3.05, 3.63) is 23.8 Å². The van der Waals surface area contributed by atoms with Crippen molar-refractivity contribution in [1.29, 1.82) is 5.41 Å². The van der Waals surface area contributed by atoms with Crippen LogP contribution in [0.3, 0.4) is 0 Å². The molecule has 0 bridgehead atoms. The molecule has 4 nitrogen and oxygen atoms in total. The van der Waals surface area contributed by atoms with Crippen LogP contribution in [0.15, 0.2) is 18.2 Å². The average Bonchev–Trinajstić information content (AvgIpc) is 2.28. The van der Waals surface area contributed by atoms with Gasteiger partial charge in [-0.1, -0.05) is 6.07 Å². The van der Waals surface area contributed by atoms with Gasteiger partial charge in [-0.3, -0.25) is 4.79 Å². The van der Waals surface area contributed by atoms with Gasteiger partial charge in [0.1, 0.15) is 0 Å². The zero-order valence-corrected chi connectivity index (χ0v) is 8.74. The monoisotopic (exact) mass is 207 g/mol. The number of nitrogens with one attached hydrogen (secondary N) is 1. The Balaban J connectivity index is 2.92. The lowest BCUT2D eigenvalue weighted by Crippen LogP contribution is -2.03. The summed E-state index contributed by atoms with van der Waals surface area (Å²) in [5, 5.41) is 6.80. The van der Waals surface area contributed by atoms with E-state index in [2.05, 4.69) is 0 Å². The van der Waals surface area contributed by atoms with E-state index in [0.717, 1.165) is 11.8 Å². The minimum absolute atomic E-state index is 0.212. The predicted octanol–water partition coefficient (Wildman–Crippen LogP) is 1.46. The summed E-state index contributed by atoms with van der Waals surface area (Å²) < 4.78 is 10.2. The lowest BCUT2D eigenvalue weighted by atomic mass is 10.1. The molecule has 0 aromatic heterocycles. The third-order valence-corrected chi connectivity index (χ3v) is 1.99. The van der Waals surface area contributed by atoms with Crippen molar-refractivity contribution >= 4 is 12.0 Å². The molecule has 0 spiro atoms. The van der Waals surface area contributed by atoms with Crippen molar-refractivity contribution in [1.82, 2.24) is 0 Å². The molecule has 0 amide bonds. The van der Waals surface area contributed by atoms with E-state index in [4.69, 9.17) is 14.9 Å². The lowest BCUT2D eigenvalue weighted by Gasteiger charge is -2.08. The van der Waals surface area contributed by atoms with Gasteiger partial charge in [-0.05, 0) is 17.7 Å². The highest BCUT2D eigenvalue weighted by atomic mass is 16.5. The number of carbonyl (C=O) groups excluding carboxylic acids is 1. The molecule has 1 aromatic rings. The van der Waals surface area contributed by atoms with Gasteiger partial charge in [-0.15, -0.1) is 0 Å². The molecule has 4 heteroatoms. The summed E-state index contributed by atoms with van der Waals surface area (Å²) in [5.41, 5.74) is 0.807. The Hall–Kier alpha value is -1.84. The fourth-order valence-electron chi connectivity index (χ4n) is 1.24. The Kier molecular flexibility index (Phi) is 3.85. The Morgan fingerprint density at radius 2 is 2.00 bits per heavy atom. The molecular weight excluding hydrogens is 194 g/mol. The van der Waals surface area contributed by atoms with Gasteiger partial charge in [0.25, 0.3) is 0 Å². The Morgan fingerprint density at radius 3 is 2.53 bits per heavy atom. The molecule has 0 aliphatic carbocycles. The summed E-state index contributed by atoms with van der Waals surface area (Å²) in [6.45, 7) is 0. The highest BCUT2D eigenvalue weighted by Crippen LogP contribution is 2.27. The van der Waals surface area contributed by atoms with Crippen molar-refractivity contribution in [2.75, 3.05) is 14.2 Å². The van der Waals surface area contributed by atoms with Crippen LogP contribution in [0.25, 0.3) is 0 Å². The van der Waals surface area contributed by atoms with Crippen molar-refractivity contribution in [2.45, 2.75) is 6.42 Å². The summed E-state index contributed by atoms with van der Waals surface area (Å²) in [7, 11) is 3.10. The first kappa shape index (κ1) is 11.2. The zero-order valence-electron chi connectivity index (χ0n) is 8.74. The number of ether oxygens (including phenoxy) is 2. The molecule has 0 atom stereocenters. The van der Waals surface area contributed by atoms with Crippen LogP contribution < -0.4 is 9.47 Å². The zero-order chi connectivity index (χ0) is 11.3. The maximum atomic E-state index is 11.0. The van der Waals surface area contributed by atoms with Crippen LogP contribution in [0.5, 0.6) is 11.5 Å². The molecule has 1 rings (SSSR count). The first-order valence-electron chi connectivity index (χ1n) is 4.45. The smallest absolute Gasteiger partial charge is 0.177 e. The van der Waals surface area contributed by atoms with E-state index in [-0.39, 0.29) is 12.2 Å². The van der Waals surface area contributed by atoms with Gasteiger partial charge in [-0.2, -0.15) is 0 Å². The van der Waals surface area contributed by atoms with Crippen molar-refractivity contribution < 1.29 is 14.3 Å². The molecule has 0 radical (unpaired) electrons. The molecule has 0 aliphatic rings. The summed E-state index contributed by atoms with van der Waals surface area (Å²) in [5.74, 6) is 0.985. The lowest BCUT2D eigenvalue weighted by molar-refractivity contribution is -0.112. The third-order valence-electron chi connectivity index (χ3n) is 1.99. The van der Waals surface area contributed by atoms with Crippen LogP contribution in [-0.2, 0) is 11.2 Å². The molecule has 15 heavy (non-hydrogen) atoms. The molecule has 0 unspecified atom stereocenters. The van der Waals surface area contributed by atoms with Crippen molar-refractivity contribution in [3.63, 3.8) is 0 Å². The fraction of sp³-hybridized carbons (Fsp3) is 0.273. The van der Waals surface area contributed by atoms with E-state index >= 15 is 0 Å². The normalized spacial score (nSPS) is 9.47. The van der Waals surface area contributed by atoms with Crippen LogP contribution >= 0.6 is 0 Å². The van der Waals surface area contributed by atoms with Gasteiger partial charge in [0.2, 0.25) is 0 Å². The highest BCUT2D eigenvalue weighted by Gasteiger charge is 2.06. The van der Waals surface area contributed by atoms with Gasteiger partial charge < -0.3 is 14.9 Å². The number of Topliss-reactive ketones (excluding diaryl/α,β-unsaturated/α-hetero) is 1. The van der Waals surface area contributed by atoms with Crippen LogP contribution in [0.1, 0.15) is 5.56 Å². The summed E-state index contributed by atoms with van der Waals surface area (Å²) in [6, 6.07) is 5.26. The number of hydrogen-bond acceptors (Lipinski definition) is 4. The van der Waals surface area contributed by atoms with Gasteiger partial charge in [0.15, 0.2) is 17.3 Å². The van der Waals surface area contributed by atoms with Crippen LogP contribution in [0, 0.1) is 5.41 Å². The topological polar surface area (TPSA) is 59.4 Å². The largest absolute Gasteiger partial charge is 0.493 e. The van der Waals surface area contributed by atoms with Crippen molar-refractivity contribution in [3.8, 4) is 11.5 Å². The summed E-state index contributed by atoms with van der Waals surface area (Å²) >= 11 is 0. The number of carbonyl (C=O) groups is 1. The maximum absolute atomic E-state index is 11.0. The van der Waals surface area contributed by atoms with Crippen LogP contribution in [-0.4, -0.2) is 26.2 Å². The van der Waals surface area contributed by atoms with E-state index in [1.165, 1.54) is 0 Å². The first-order chi connectivity index (χ1) is 7.21. The molecule has 0 saturated heterocycles. The maximum Gasteiger partial charge on any atom is 0.177 e. The second-order valence-electron chi connectivity index (χ2n) is 2.98. The number of benzene rings is 1. The van der Waals surface area contributed by atoms with E-state index in [0.29, 0.717) is 11.5 Å². The molecule has 0 fully saturated rings. The quantitative estimate of drug-likeness (QED) is 0.744. The Labute approximate surface area is 88.3 Å². The minimum Gasteiger partial charge on any atom is -0.493 e. The Bertz CT molecular complexity index is 374. The van der Waals surface area contributed by atoms with E-state index in [1.54, 1.807) is 32.4 Å². The summed E-state index contributed by atoms with van der Waals surface area (Å²) in [6.07, 6.45) is 1.03. The molecule has 1 N–H and O–H groups in total. The predicted molar refractivity (Wildman–Crippen MR) is 57.0 cm³/mol. The van der Waals surface area contributed by atoms with Gasteiger partial charge in [-0.25, -0.2) is 0 Å². The minimum atomic E-state index is -0.234. The van der Waals surface area contributed by atoms with E-state index in [9.17, 15) is 4.79 Å². The number of hydrogen-bond donors (Lipinski definition) is 1. The fourth-order valence-corrected chi connectivity index (χ4v) is 1.24. The van der Waals surface area contributed by atoms with E-state index in [1.807, 2.05) is 0 Å². The van der Waals surface area contributed by atoms with Crippen LogP contribution in [0.4, 0.5) is 0 Å². The average molecular weight is 207 g/mol.